The van der Waals surface area contributed by atoms with Gasteiger partial charge in [-0.15, -0.1) is 0 Å². The van der Waals surface area contributed by atoms with Crippen LogP contribution in [0.4, 0.5) is 5.69 Å². The van der Waals surface area contributed by atoms with Crippen LogP contribution in [-0.4, -0.2) is 11.8 Å². The van der Waals surface area contributed by atoms with Gasteiger partial charge in [0, 0.05) is 5.02 Å². The summed E-state index contributed by atoms with van der Waals surface area (Å²) in [4.78, 5) is 29.0. The van der Waals surface area contributed by atoms with E-state index < -0.39 is 20.5 Å². The monoisotopic (exact) mass is 575 g/mol. The van der Waals surface area contributed by atoms with Gasteiger partial charge in [-0.25, -0.2) is 4.90 Å². The molecule has 1 aliphatic heterocycles. The Morgan fingerprint density at radius 2 is 1.13 bits per heavy atom. The van der Waals surface area contributed by atoms with Crippen molar-refractivity contribution in [2.45, 2.75) is 8.65 Å². The maximum atomic E-state index is 13.9. The van der Waals surface area contributed by atoms with Gasteiger partial charge < -0.3 is 0 Å². The number of imide groups is 1. The van der Waals surface area contributed by atoms with Crippen molar-refractivity contribution in [2.24, 2.45) is 11.8 Å². The zero-order chi connectivity index (χ0) is 21.7. The third kappa shape index (κ3) is 2.26. The van der Waals surface area contributed by atoms with Gasteiger partial charge in [0.2, 0.25) is 11.8 Å². The first-order valence-corrected chi connectivity index (χ1v) is 12.1. The first-order valence-electron chi connectivity index (χ1n) is 9.72. The molecule has 0 saturated carbocycles. The molecule has 3 aromatic rings. The number of nitrogens with zero attached hydrogens (tertiary/aromatic N) is 1. The Kier molecular flexibility index (Phi) is 4.15. The van der Waals surface area contributed by atoms with Crippen molar-refractivity contribution < 1.29 is 9.59 Å². The Morgan fingerprint density at radius 1 is 0.710 bits per heavy atom. The average Bonchev–Trinajstić information content (AvgIpc) is 3.04. The van der Waals surface area contributed by atoms with Crippen molar-refractivity contribution in [3.8, 4) is 0 Å². The van der Waals surface area contributed by atoms with Gasteiger partial charge in [0.05, 0.1) is 31.2 Å². The molecule has 0 unspecified atom stereocenters. The molecule has 3 nitrogen and oxygen atoms in total. The van der Waals surface area contributed by atoms with E-state index >= 15 is 0 Å². The van der Waals surface area contributed by atoms with Crippen LogP contribution in [0.25, 0.3) is 0 Å². The maximum Gasteiger partial charge on any atom is 0.239 e. The predicted octanol–water partition coefficient (Wildman–Crippen LogP) is 6.40. The first-order chi connectivity index (χ1) is 14.8. The van der Waals surface area contributed by atoms with E-state index in [1.807, 2.05) is 48.5 Å². The number of carbonyl (C=O) groups is 2. The SMILES string of the molecule is O=C1[C@H]2[C@H](C(=O)N1c1ccc(Cl)cc1Cl)C1(Br)c3ccccc3C2(Br)c2ccccc21. The van der Waals surface area contributed by atoms with Crippen LogP contribution in [0.2, 0.25) is 10.0 Å². The van der Waals surface area contributed by atoms with E-state index in [0.29, 0.717) is 10.7 Å². The number of rotatable bonds is 1. The Balaban J connectivity index is 1.66. The van der Waals surface area contributed by atoms with Crippen molar-refractivity contribution in [3.05, 3.63) is 99.0 Å². The number of amides is 2. The fraction of sp³-hybridized carbons (Fsp3) is 0.167. The molecule has 1 heterocycles. The highest BCUT2D eigenvalue weighted by Crippen LogP contribution is 2.71. The van der Waals surface area contributed by atoms with Crippen molar-refractivity contribution in [1.29, 1.82) is 0 Å². The summed E-state index contributed by atoms with van der Waals surface area (Å²) < 4.78 is -1.64. The van der Waals surface area contributed by atoms with E-state index in [1.165, 1.54) is 4.90 Å². The summed E-state index contributed by atoms with van der Waals surface area (Å²) in [6, 6.07) is 20.8. The summed E-state index contributed by atoms with van der Waals surface area (Å²) >= 11 is 20.4. The van der Waals surface area contributed by atoms with Crippen LogP contribution in [0.1, 0.15) is 22.3 Å². The standard InChI is InChI=1S/C24H13Br2Cl2NO2/c25-23-13-5-1-2-6-14(13)24(26,16-8-4-3-7-15(16)23)20-19(23)21(30)29(22(20)31)18-10-9-12(27)11-17(18)28/h1-11,19-20H/t19-,20-,23?,24?/m1/s1. The molecule has 2 atom stereocenters. The highest BCUT2D eigenvalue weighted by atomic mass is 79.9. The van der Waals surface area contributed by atoms with Gasteiger partial charge in [0.1, 0.15) is 0 Å². The van der Waals surface area contributed by atoms with Gasteiger partial charge in [-0.3, -0.25) is 9.59 Å². The van der Waals surface area contributed by atoms with Crippen molar-refractivity contribution >= 4 is 72.6 Å². The van der Waals surface area contributed by atoms with E-state index in [9.17, 15) is 9.59 Å². The summed E-state index contributed by atoms with van der Waals surface area (Å²) in [5, 5.41) is 0.710. The van der Waals surface area contributed by atoms with Crippen molar-refractivity contribution in [2.75, 3.05) is 4.90 Å². The second-order valence-corrected chi connectivity index (χ2v) is 11.4. The number of hydrogen-bond acceptors (Lipinski definition) is 2. The first kappa shape index (κ1) is 20.0. The Morgan fingerprint density at radius 3 is 1.52 bits per heavy atom. The molecule has 2 amide bonds. The summed E-state index contributed by atoms with van der Waals surface area (Å²) in [5.41, 5.74) is 4.35. The zero-order valence-electron chi connectivity index (χ0n) is 15.8. The largest absolute Gasteiger partial charge is 0.274 e. The van der Waals surface area contributed by atoms with Gasteiger partial charge in [0.15, 0.2) is 0 Å². The molecule has 2 bridgehead atoms. The van der Waals surface area contributed by atoms with E-state index in [-0.39, 0.29) is 16.8 Å². The molecular formula is C24H13Br2Cl2NO2. The Hall–Kier alpha value is -1.66. The molecule has 4 aliphatic rings. The Labute approximate surface area is 205 Å². The number of alkyl halides is 2. The fourth-order valence-corrected chi connectivity index (χ4v) is 8.36. The Bertz CT molecular complexity index is 1200. The van der Waals surface area contributed by atoms with Crippen LogP contribution in [-0.2, 0) is 18.2 Å². The van der Waals surface area contributed by atoms with Gasteiger partial charge in [-0.05, 0) is 40.5 Å². The highest BCUT2D eigenvalue weighted by molar-refractivity contribution is 9.10. The molecule has 1 fully saturated rings. The normalized spacial score (nSPS) is 30.3. The van der Waals surface area contributed by atoms with Crippen molar-refractivity contribution in [3.63, 3.8) is 0 Å². The minimum absolute atomic E-state index is 0.266. The van der Waals surface area contributed by atoms with Crippen LogP contribution < -0.4 is 4.90 Å². The average molecular weight is 578 g/mol. The lowest BCUT2D eigenvalue weighted by Crippen LogP contribution is -2.56. The molecule has 154 valence electrons. The topological polar surface area (TPSA) is 37.4 Å². The molecule has 7 rings (SSSR count). The molecule has 3 aliphatic carbocycles. The molecule has 0 spiro atoms. The van der Waals surface area contributed by atoms with Gasteiger partial charge >= 0.3 is 0 Å². The number of halogens is 4. The van der Waals surface area contributed by atoms with Crippen LogP contribution in [0.15, 0.2) is 66.7 Å². The van der Waals surface area contributed by atoms with Crippen LogP contribution >= 0.6 is 55.1 Å². The number of anilines is 1. The molecule has 3 aromatic carbocycles. The minimum atomic E-state index is -0.819. The zero-order valence-corrected chi connectivity index (χ0v) is 20.5. The summed E-state index contributed by atoms with van der Waals surface area (Å²) in [6.45, 7) is 0. The highest BCUT2D eigenvalue weighted by Gasteiger charge is 2.72. The number of hydrogen-bond donors (Lipinski definition) is 0. The molecular weight excluding hydrogens is 565 g/mol. The van der Waals surface area contributed by atoms with E-state index in [1.54, 1.807) is 18.2 Å². The molecule has 31 heavy (non-hydrogen) atoms. The second kappa shape index (κ2) is 6.44. The maximum absolute atomic E-state index is 13.9. The lowest BCUT2D eigenvalue weighted by molar-refractivity contribution is -0.122. The molecule has 0 aromatic heterocycles. The van der Waals surface area contributed by atoms with E-state index in [4.69, 9.17) is 23.2 Å². The molecule has 0 radical (unpaired) electrons. The molecule has 0 N–H and O–H groups in total. The van der Waals surface area contributed by atoms with Gasteiger partial charge in [-0.1, -0.05) is 104 Å². The third-order valence-electron chi connectivity index (χ3n) is 6.74. The van der Waals surface area contributed by atoms with Crippen LogP contribution in [0, 0.1) is 11.8 Å². The van der Waals surface area contributed by atoms with Gasteiger partial charge in [0.25, 0.3) is 0 Å². The van der Waals surface area contributed by atoms with Crippen molar-refractivity contribution in [1.82, 2.24) is 0 Å². The predicted molar refractivity (Wildman–Crippen MR) is 128 cm³/mol. The molecule has 1 saturated heterocycles. The lowest BCUT2D eigenvalue weighted by Gasteiger charge is -2.55. The second-order valence-electron chi connectivity index (χ2n) is 8.08. The minimum Gasteiger partial charge on any atom is -0.274 e. The van der Waals surface area contributed by atoms with Crippen LogP contribution in [0.3, 0.4) is 0 Å². The summed E-state index contributed by atoms with van der Waals surface area (Å²) in [7, 11) is 0. The molecule has 7 heteroatoms. The lowest BCUT2D eigenvalue weighted by atomic mass is 9.54. The van der Waals surface area contributed by atoms with E-state index in [2.05, 4.69) is 31.9 Å². The summed E-state index contributed by atoms with van der Waals surface area (Å²) in [6.07, 6.45) is 0. The van der Waals surface area contributed by atoms with Gasteiger partial charge in [-0.2, -0.15) is 0 Å². The third-order valence-corrected chi connectivity index (χ3v) is 9.97. The van der Waals surface area contributed by atoms with Crippen LogP contribution in [0.5, 0.6) is 0 Å². The number of benzene rings is 3. The fourth-order valence-electron chi connectivity index (χ4n) is 5.57. The number of carbonyl (C=O) groups excluding carboxylic acids is 2. The smallest absolute Gasteiger partial charge is 0.239 e. The van der Waals surface area contributed by atoms with E-state index in [0.717, 1.165) is 22.3 Å². The quantitative estimate of drug-likeness (QED) is 0.248. The summed E-state index contributed by atoms with van der Waals surface area (Å²) in [5.74, 6) is -1.81.